The maximum atomic E-state index is 13.6. The largest absolute Gasteiger partial charge is 0.417 e. The molecule has 0 saturated heterocycles. The van der Waals surface area contributed by atoms with Gasteiger partial charge in [0.25, 0.3) is 0 Å². The van der Waals surface area contributed by atoms with Crippen LogP contribution in [0.25, 0.3) is 17.0 Å². The fraction of sp³-hybridized carbons (Fsp3) is 0.240. The fourth-order valence-electron chi connectivity index (χ4n) is 3.39. The summed E-state index contributed by atoms with van der Waals surface area (Å²) in [4.78, 5) is 4.48. The van der Waals surface area contributed by atoms with Crippen LogP contribution in [0.5, 0.6) is 0 Å². The van der Waals surface area contributed by atoms with E-state index in [-0.39, 0.29) is 11.3 Å². The van der Waals surface area contributed by atoms with E-state index in [4.69, 9.17) is 5.73 Å². The zero-order valence-electron chi connectivity index (χ0n) is 18.5. The number of nitrogens with zero attached hydrogens (tertiary/aromatic N) is 1. The van der Waals surface area contributed by atoms with Crippen molar-refractivity contribution in [3.63, 3.8) is 0 Å². The molecule has 0 atom stereocenters. The second kappa shape index (κ2) is 10.9. The normalized spacial score (nSPS) is 11.2. The van der Waals surface area contributed by atoms with Crippen LogP contribution in [-0.4, -0.2) is 24.6 Å². The Balaban J connectivity index is 2.00. The Morgan fingerprint density at radius 2 is 1.73 bits per heavy atom. The number of aromatic nitrogens is 1. The summed E-state index contributed by atoms with van der Waals surface area (Å²) in [6.45, 7) is 7.85. The van der Waals surface area contributed by atoms with Gasteiger partial charge >= 0.3 is 6.18 Å². The number of alkyl halides is 3. The maximum Gasteiger partial charge on any atom is 0.417 e. The van der Waals surface area contributed by atoms with Gasteiger partial charge in [-0.15, -0.1) is 0 Å². The molecule has 0 radical (unpaired) electrons. The average Bonchev–Trinajstić information content (AvgIpc) is 2.81. The predicted molar refractivity (Wildman–Crippen MR) is 130 cm³/mol. The molecule has 5 N–H and O–H groups in total. The number of rotatable bonds is 10. The van der Waals surface area contributed by atoms with Crippen LogP contribution in [0.15, 0.2) is 67.2 Å². The zero-order valence-corrected chi connectivity index (χ0v) is 18.5. The lowest BCUT2D eigenvalue weighted by molar-refractivity contribution is -0.137. The van der Waals surface area contributed by atoms with E-state index in [9.17, 15) is 13.2 Å². The molecule has 0 fully saturated rings. The number of hydrogen-bond donors (Lipinski definition) is 4. The van der Waals surface area contributed by atoms with E-state index in [1.807, 2.05) is 24.3 Å². The Hall–Kier alpha value is -3.52. The molecule has 0 spiro atoms. The summed E-state index contributed by atoms with van der Waals surface area (Å²) in [5, 5.41) is 9.65. The van der Waals surface area contributed by atoms with Crippen LogP contribution in [0.4, 0.5) is 30.4 Å². The van der Waals surface area contributed by atoms with Crippen molar-refractivity contribution in [1.29, 1.82) is 0 Å². The molecule has 0 aliphatic carbocycles. The summed E-state index contributed by atoms with van der Waals surface area (Å²) >= 11 is 0. The summed E-state index contributed by atoms with van der Waals surface area (Å²) in [5.41, 5.74) is 7.99. The number of nitrogens with one attached hydrogen (secondary N) is 3. The van der Waals surface area contributed by atoms with Gasteiger partial charge in [0.2, 0.25) is 0 Å². The number of halogens is 3. The van der Waals surface area contributed by atoms with Gasteiger partial charge in [-0.05, 0) is 24.6 Å². The van der Waals surface area contributed by atoms with Crippen LogP contribution < -0.4 is 21.7 Å². The number of benzene rings is 2. The summed E-state index contributed by atoms with van der Waals surface area (Å²) in [6, 6.07) is 16.4. The van der Waals surface area contributed by atoms with E-state index in [2.05, 4.69) is 34.4 Å². The second-order valence-corrected chi connectivity index (χ2v) is 7.46. The third-order valence-electron chi connectivity index (χ3n) is 4.90. The third kappa shape index (κ3) is 6.26. The Bertz CT molecular complexity index is 1100. The Morgan fingerprint density at radius 3 is 2.45 bits per heavy atom. The number of hydrogen-bond acceptors (Lipinski definition) is 5. The fourth-order valence-corrected chi connectivity index (χ4v) is 3.39. The van der Waals surface area contributed by atoms with Crippen molar-refractivity contribution in [2.24, 2.45) is 5.73 Å². The molecule has 3 rings (SSSR count). The van der Waals surface area contributed by atoms with Crippen molar-refractivity contribution in [3.8, 4) is 11.3 Å². The lowest BCUT2D eigenvalue weighted by Crippen LogP contribution is -2.14. The van der Waals surface area contributed by atoms with E-state index in [1.54, 1.807) is 18.2 Å². The molecule has 2 aromatic carbocycles. The van der Waals surface area contributed by atoms with Gasteiger partial charge < -0.3 is 21.7 Å². The molecule has 1 heterocycles. The topological polar surface area (TPSA) is 75.0 Å². The first-order valence-corrected chi connectivity index (χ1v) is 10.7. The van der Waals surface area contributed by atoms with Crippen molar-refractivity contribution < 1.29 is 13.2 Å². The number of nitrogens with two attached hydrogens (primary N) is 1. The molecule has 8 heteroatoms. The smallest absolute Gasteiger partial charge is 0.385 e. The van der Waals surface area contributed by atoms with Crippen molar-refractivity contribution in [1.82, 2.24) is 4.98 Å². The van der Waals surface area contributed by atoms with Crippen LogP contribution in [0.1, 0.15) is 24.5 Å². The Kier molecular flexibility index (Phi) is 7.95. The van der Waals surface area contributed by atoms with Gasteiger partial charge in [-0.3, -0.25) is 0 Å². The minimum atomic E-state index is -4.50. The lowest BCUT2D eigenvalue weighted by Gasteiger charge is -2.18. The molecular weight excluding hydrogens is 427 g/mol. The molecule has 5 nitrogen and oxygen atoms in total. The molecule has 0 aliphatic heterocycles. The molecular formula is C25H28F3N5. The summed E-state index contributed by atoms with van der Waals surface area (Å²) in [6.07, 6.45) is -3.54. The lowest BCUT2D eigenvalue weighted by atomic mass is 10.0. The second-order valence-electron chi connectivity index (χ2n) is 7.46. The molecule has 0 saturated carbocycles. The average molecular weight is 456 g/mol. The molecule has 1 aromatic heterocycles. The van der Waals surface area contributed by atoms with Crippen LogP contribution in [0.2, 0.25) is 0 Å². The quantitative estimate of drug-likeness (QED) is 0.300. The van der Waals surface area contributed by atoms with Crippen molar-refractivity contribution in [3.05, 3.63) is 78.4 Å². The maximum absolute atomic E-state index is 13.6. The number of pyridine rings is 1. The standard InChI is InChI=1S/C25H28F3N5/c1-3-13-31-22-11-7-5-8-19(22)17(2)32-24-16-18(30-14-12-29)15-23(33-24)20-9-4-6-10-21(20)25(26,27)28/h4-11,15-16,31H,2-3,12-14,29H2,1H3,(H2,30,32,33). The van der Waals surface area contributed by atoms with Gasteiger partial charge in [0.15, 0.2) is 0 Å². The highest BCUT2D eigenvalue weighted by Crippen LogP contribution is 2.37. The molecule has 33 heavy (non-hydrogen) atoms. The van der Waals surface area contributed by atoms with Crippen molar-refractivity contribution >= 4 is 22.9 Å². The van der Waals surface area contributed by atoms with Gasteiger partial charge in [0.05, 0.1) is 11.3 Å². The van der Waals surface area contributed by atoms with E-state index in [0.717, 1.165) is 30.3 Å². The highest BCUT2D eigenvalue weighted by atomic mass is 19.4. The third-order valence-corrected chi connectivity index (χ3v) is 4.90. The number of para-hydroxylation sites is 1. The first-order chi connectivity index (χ1) is 15.8. The minimum Gasteiger partial charge on any atom is -0.385 e. The molecule has 0 bridgehead atoms. The Morgan fingerprint density at radius 1 is 1.00 bits per heavy atom. The van der Waals surface area contributed by atoms with Gasteiger partial charge in [-0.2, -0.15) is 13.2 Å². The first-order valence-electron chi connectivity index (χ1n) is 10.7. The minimum absolute atomic E-state index is 0.0000679. The van der Waals surface area contributed by atoms with Crippen LogP contribution >= 0.6 is 0 Å². The van der Waals surface area contributed by atoms with Crippen LogP contribution in [0, 0.1) is 0 Å². The predicted octanol–water partition coefficient (Wildman–Crippen LogP) is 6.04. The van der Waals surface area contributed by atoms with E-state index in [0.29, 0.717) is 30.3 Å². The van der Waals surface area contributed by atoms with Gasteiger partial charge in [-0.25, -0.2) is 4.98 Å². The summed E-state index contributed by atoms with van der Waals surface area (Å²) in [5.74, 6) is 0.374. The monoisotopic (exact) mass is 455 g/mol. The van der Waals surface area contributed by atoms with Crippen molar-refractivity contribution in [2.45, 2.75) is 19.5 Å². The highest BCUT2D eigenvalue weighted by molar-refractivity contribution is 5.83. The molecule has 0 aliphatic rings. The van der Waals surface area contributed by atoms with Gasteiger partial charge in [-0.1, -0.05) is 49.9 Å². The molecule has 0 unspecified atom stereocenters. The first kappa shape index (κ1) is 24.1. The van der Waals surface area contributed by atoms with Gasteiger partial charge in [0, 0.05) is 53.9 Å². The van der Waals surface area contributed by atoms with Gasteiger partial charge in [0.1, 0.15) is 5.82 Å². The Labute approximate surface area is 191 Å². The zero-order chi connectivity index (χ0) is 23.8. The van der Waals surface area contributed by atoms with Crippen LogP contribution in [-0.2, 0) is 6.18 Å². The summed E-state index contributed by atoms with van der Waals surface area (Å²) < 4.78 is 40.9. The molecule has 3 aromatic rings. The number of anilines is 3. The molecule has 0 amide bonds. The van der Waals surface area contributed by atoms with Crippen LogP contribution in [0.3, 0.4) is 0 Å². The van der Waals surface area contributed by atoms with Crippen molar-refractivity contribution in [2.75, 3.05) is 35.6 Å². The highest BCUT2D eigenvalue weighted by Gasteiger charge is 2.33. The van der Waals surface area contributed by atoms with E-state index < -0.39 is 11.7 Å². The SMILES string of the molecule is C=C(Nc1cc(NCCN)cc(-c2ccccc2C(F)(F)F)n1)c1ccccc1NCCC. The summed E-state index contributed by atoms with van der Waals surface area (Å²) in [7, 11) is 0. The van der Waals surface area contributed by atoms with E-state index >= 15 is 0 Å². The molecule has 174 valence electrons. The van der Waals surface area contributed by atoms with E-state index in [1.165, 1.54) is 12.1 Å².